The molecule has 2 aromatic carbocycles. The molecule has 0 aliphatic carbocycles. The van der Waals surface area contributed by atoms with E-state index in [9.17, 15) is 4.79 Å². The largest absolute Gasteiger partial charge is 0.497 e. The lowest BCUT2D eigenvalue weighted by Crippen LogP contribution is -2.23. The number of pyridine rings is 1. The number of amides is 1. The van der Waals surface area contributed by atoms with E-state index in [-0.39, 0.29) is 5.91 Å². The van der Waals surface area contributed by atoms with Crippen molar-refractivity contribution in [3.8, 4) is 11.5 Å². The van der Waals surface area contributed by atoms with Gasteiger partial charge in [0.15, 0.2) is 0 Å². The number of nitrogens with one attached hydrogen (secondary N) is 2. The summed E-state index contributed by atoms with van der Waals surface area (Å²) in [6.07, 6.45) is 1.59. The minimum Gasteiger partial charge on any atom is -0.497 e. The minimum atomic E-state index is -0.234. The SMILES string of the molecule is COc1ccc(OC)c(Nc2ccnc(C(=O)NCc3ccc(C)cc3)c2)c1. The van der Waals surface area contributed by atoms with E-state index in [2.05, 4.69) is 15.6 Å². The van der Waals surface area contributed by atoms with Gasteiger partial charge in [0.2, 0.25) is 0 Å². The molecule has 28 heavy (non-hydrogen) atoms. The average molecular weight is 377 g/mol. The Balaban J connectivity index is 1.71. The molecule has 0 bridgehead atoms. The highest BCUT2D eigenvalue weighted by atomic mass is 16.5. The molecule has 3 aromatic rings. The molecule has 6 heteroatoms. The fourth-order valence-corrected chi connectivity index (χ4v) is 2.68. The van der Waals surface area contributed by atoms with Gasteiger partial charge in [-0.05, 0) is 36.8 Å². The monoisotopic (exact) mass is 377 g/mol. The van der Waals surface area contributed by atoms with Crippen LogP contribution in [0.15, 0.2) is 60.8 Å². The lowest BCUT2D eigenvalue weighted by atomic mass is 10.1. The van der Waals surface area contributed by atoms with E-state index in [4.69, 9.17) is 9.47 Å². The number of aryl methyl sites for hydroxylation is 1. The maximum atomic E-state index is 12.5. The van der Waals surface area contributed by atoms with Crippen molar-refractivity contribution in [2.45, 2.75) is 13.5 Å². The summed E-state index contributed by atoms with van der Waals surface area (Å²) in [6.45, 7) is 2.48. The van der Waals surface area contributed by atoms with Crippen LogP contribution in [0.4, 0.5) is 11.4 Å². The lowest BCUT2D eigenvalue weighted by Gasteiger charge is -2.13. The molecular weight excluding hydrogens is 354 g/mol. The number of ether oxygens (including phenoxy) is 2. The highest BCUT2D eigenvalue weighted by Crippen LogP contribution is 2.31. The lowest BCUT2D eigenvalue weighted by molar-refractivity contribution is 0.0946. The summed E-state index contributed by atoms with van der Waals surface area (Å²) in [7, 11) is 3.21. The molecule has 0 aliphatic heterocycles. The molecule has 0 aliphatic rings. The standard InChI is InChI=1S/C22H23N3O3/c1-15-4-6-16(7-5-15)14-24-22(26)20-12-17(10-11-23-20)25-19-13-18(27-2)8-9-21(19)28-3/h4-13H,14H2,1-3H3,(H,23,25)(H,24,26). The van der Waals surface area contributed by atoms with E-state index < -0.39 is 0 Å². The molecule has 0 radical (unpaired) electrons. The van der Waals surface area contributed by atoms with E-state index in [0.29, 0.717) is 23.7 Å². The molecule has 0 spiro atoms. The summed E-state index contributed by atoms with van der Waals surface area (Å²) >= 11 is 0. The topological polar surface area (TPSA) is 72.5 Å². The van der Waals surface area contributed by atoms with Crippen molar-refractivity contribution in [1.82, 2.24) is 10.3 Å². The van der Waals surface area contributed by atoms with Gasteiger partial charge < -0.3 is 20.1 Å². The minimum absolute atomic E-state index is 0.234. The van der Waals surface area contributed by atoms with Gasteiger partial charge in [-0.15, -0.1) is 0 Å². The summed E-state index contributed by atoms with van der Waals surface area (Å²) in [5.74, 6) is 1.14. The third-order valence-electron chi connectivity index (χ3n) is 4.25. The molecule has 0 fully saturated rings. The smallest absolute Gasteiger partial charge is 0.270 e. The Kier molecular flexibility index (Phi) is 6.11. The first-order chi connectivity index (χ1) is 13.6. The zero-order valence-corrected chi connectivity index (χ0v) is 16.2. The van der Waals surface area contributed by atoms with Gasteiger partial charge in [-0.25, -0.2) is 0 Å². The van der Waals surface area contributed by atoms with Crippen molar-refractivity contribution in [1.29, 1.82) is 0 Å². The Morgan fingerprint density at radius 1 is 1.00 bits per heavy atom. The average Bonchev–Trinajstić information content (AvgIpc) is 2.73. The number of anilines is 2. The van der Waals surface area contributed by atoms with Crippen molar-refractivity contribution in [2.75, 3.05) is 19.5 Å². The highest BCUT2D eigenvalue weighted by Gasteiger charge is 2.10. The maximum Gasteiger partial charge on any atom is 0.270 e. The van der Waals surface area contributed by atoms with Gasteiger partial charge in [-0.2, -0.15) is 0 Å². The van der Waals surface area contributed by atoms with Crippen LogP contribution >= 0.6 is 0 Å². The van der Waals surface area contributed by atoms with Crippen molar-refractivity contribution < 1.29 is 14.3 Å². The number of carbonyl (C=O) groups is 1. The molecule has 1 aromatic heterocycles. The number of hydrogen-bond acceptors (Lipinski definition) is 5. The first-order valence-corrected chi connectivity index (χ1v) is 8.88. The Morgan fingerprint density at radius 3 is 2.50 bits per heavy atom. The van der Waals surface area contributed by atoms with Crippen LogP contribution in [0, 0.1) is 6.92 Å². The third-order valence-corrected chi connectivity index (χ3v) is 4.25. The Morgan fingerprint density at radius 2 is 1.79 bits per heavy atom. The fraction of sp³-hybridized carbons (Fsp3) is 0.182. The normalized spacial score (nSPS) is 10.2. The van der Waals surface area contributed by atoms with Crippen LogP contribution in [0.2, 0.25) is 0 Å². The first kappa shape index (κ1) is 19.2. The van der Waals surface area contributed by atoms with Gasteiger partial charge >= 0.3 is 0 Å². The third kappa shape index (κ3) is 4.79. The second-order valence-corrected chi connectivity index (χ2v) is 6.29. The van der Waals surface area contributed by atoms with Crippen LogP contribution in [0.25, 0.3) is 0 Å². The summed E-state index contributed by atoms with van der Waals surface area (Å²) in [5.41, 5.74) is 4.01. The van der Waals surface area contributed by atoms with Crippen LogP contribution in [0.1, 0.15) is 21.6 Å². The van der Waals surface area contributed by atoms with E-state index in [1.807, 2.05) is 49.4 Å². The Bertz CT molecular complexity index is 955. The fourth-order valence-electron chi connectivity index (χ4n) is 2.68. The molecule has 3 rings (SSSR count). The predicted molar refractivity (Wildman–Crippen MR) is 109 cm³/mol. The first-order valence-electron chi connectivity index (χ1n) is 8.88. The van der Waals surface area contributed by atoms with Crippen molar-refractivity contribution in [3.63, 3.8) is 0 Å². The summed E-state index contributed by atoms with van der Waals surface area (Å²) in [5, 5.41) is 6.14. The number of hydrogen-bond donors (Lipinski definition) is 2. The molecule has 144 valence electrons. The van der Waals surface area contributed by atoms with E-state index >= 15 is 0 Å². The van der Waals surface area contributed by atoms with Gasteiger partial charge in [-0.3, -0.25) is 9.78 Å². The van der Waals surface area contributed by atoms with Crippen molar-refractivity contribution in [3.05, 3.63) is 77.6 Å². The number of nitrogens with zero attached hydrogens (tertiary/aromatic N) is 1. The molecule has 1 heterocycles. The molecular formula is C22H23N3O3. The zero-order chi connectivity index (χ0) is 19.9. The van der Waals surface area contributed by atoms with Crippen LogP contribution in [0.5, 0.6) is 11.5 Å². The second-order valence-electron chi connectivity index (χ2n) is 6.29. The number of methoxy groups -OCH3 is 2. The Labute approximate surface area is 164 Å². The zero-order valence-electron chi connectivity index (χ0n) is 16.2. The Hall–Kier alpha value is -3.54. The van der Waals surface area contributed by atoms with Gasteiger partial charge in [0.25, 0.3) is 5.91 Å². The molecule has 6 nitrogen and oxygen atoms in total. The number of rotatable bonds is 7. The summed E-state index contributed by atoms with van der Waals surface area (Å²) in [4.78, 5) is 16.6. The van der Waals surface area contributed by atoms with Crippen LogP contribution in [0.3, 0.4) is 0 Å². The quantitative estimate of drug-likeness (QED) is 0.649. The molecule has 0 saturated heterocycles. The van der Waals surface area contributed by atoms with Crippen LogP contribution in [-0.4, -0.2) is 25.1 Å². The number of benzene rings is 2. The molecule has 2 N–H and O–H groups in total. The van der Waals surface area contributed by atoms with Gasteiger partial charge in [0.1, 0.15) is 17.2 Å². The van der Waals surface area contributed by atoms with Crippen molar-refractivity contribution >= 4 is 17.3 Å². The number of carbonyl (C=O) groups excluding carboxylic acids is 1. The second kappa shape index (κ2) is 8.90. The maximum absolute atomic E-state index is 12.5. The summed E-state index contributed by atoms with van der Waals surface area (Å²) in [6, 6.07) is 17.0. The van der Waals surface area contributed by atoms with E-state index in [0.717, 1.165) is 16.9 Å². The van der Waals surface area contributed by atoms with Crippen molar-refractivity contribution in [2.24, 2.45) is 0 Å². The van der Waals surface area contributed by atoms with Crippen LogP contribution in [-0.2, 0) is 6.54 Å². The summed E-state index contributed by atoms with van der Waals surface area (Å²) < 4.78 is 10.6. The molecule has 1 amide bonds. The van der Waals surface area contributed by atoms with E-state index in [1.165, 1.54) is 5.56 Å². The van der Waals surface area contributed by atoms with Gasteiger partial charge in [-0.1, -0.05) is 29.8 Å². The van der Waals surface area contributed by atoms with Gasteiger partial charge in [0, 0.05) is 24.5 Å². The molecule has 0 unspecified atom stereocenters. The molecule has 0 saturated carbocycles. The van der Waals surface area contributed by atoms with Crippen LogP contribution < -0.4 is 20.1 Å². The number of aromatic nitrogens is 1. The predicted octanol–water partition coefficient (Wildman–Crippen LogP) is 4.08. The highest BCUT2D eigenvalue weighted by molar-refractivity contribution is 5.93. The van der Waals surface area contributed by atoms with E-state index in [1.54, 1.807) is 32.5 Å². The molecule has 0 atom stereocenters. The van der Waals surface area contributed by atoms with Gasteiger partial charge in [0.05, 0.1) is 19.9 Å².